The Labute approximate surface area is 90.9 Å². The first-order valence-corrected chi connectivity index (χ1v) is 5.48. The number of ether oxygens (including phenoxy) is 1. The highest BCUT2D eigenvalue weighted by atomic mass is 16.5. The fraction of sp³-hybridized carbons (Fsp3) is 0.545. The van der Waals surface area contributed by atoms with E-state index in [-0.39, 0.29) is 12.2 Å². The van der Waals surface area contributed by atoms with Crippen molar-refractivity contribution in [3.63, 3.8) is 0 Å². The fourth-order valence-electron chi connectivity index (χ4n) is 1.97. The van der Waals surface area contributed by atoms with E-state index in [0.29, 0.717) is 6.61 Å². The van der Waals surface area contributed by atoms with Gasteiger partial charge in [-0.1, -0.05) is 12.1 Å². The van der Waals surface area contributed by atoms with Gasteiger partial charge in [0.1, 0.15) is 0 Å². The van der Waals surface area contributed by atoms with Gasteiger partial charge < -0.3 is 9.84 Å². The summed E-state index contributed by atoms with van der Waals surface area (Å²) >= 11 is 0. The van der Waals surface area contributed by atoms with Crippen molar-refractivity contribution in [2.75, 3.05) is 0 Å². The Morgan fingerprint density at radius 1 is 1.47 bits per heavy atom. The second-order valence-corrected chi connectivity index (χ2v) is 4.12. The second-order valence-electron chi connectivity index (χ2n) is 4.12. The third-order valence-corrected chi connectivity index (χ3v) is 2.81. The Morgan fingerprint density at radius 3 is 3.00 bits per heavy atom. The van der Waals surface area contributed by atoms with Crippen molar-refractivity contribution in [3.05, 3.63) is 23.9 Å². The van der Waals surface area contributed by atoms with E-state index < -0.39 is 0 Å². The summed E-state index contributed by atoms with van der Waals surface area (Å²) in [6.07, 6.45) is 2.62. The SMILES string of the molecule is Bc1cccc(CO[C@@H]2CCC[C@H]2O)n1. The van der Waals surface area contributed by atoms with Crippen LogP contribution in [0.3, 0.4) is 0 Å². The zero-order valence-electron chi connectivity index (χ0n) is 9.02. The van der Waals surface area contributed by atoms with Crippen molar-refractivity contribution >= 4 is 13.4 Å². The van der Waals surface area contributed by atoms with Crippen LogP contribution in [0.2, 0.25) is 0 Å². The molecule has 1 aliphatic carbocycles. The summed E-state index contributed by atoms with van der Waals surface area (Å²) in [5, 5.41) is 9.58. The van der Waals surface area contributed by atoms with Crippen LogP contribution in [0.4, 0.5) is 0 Å². The average Bonchev–Trinajstić information content (AvgIpc) is 2.61. The van der Waals surface area contributed by atoms with Crippen molar-refractivity contribution in [3.8, 4) is 0 Å². The number of rotatable bonds is 3. The normalized spacial score (nSPS) is 25.7. The first kappa shape index (κ1) is 10.6. The van der Waals surface area contributed by atoms with Gasteiger partial charge in [0.05, 0.1) is 24.5 Å². The molecule has 1 fully saturated rings. The van der Waals surface area contributed by atoms with Crippen LogP contribution in [0.1, 0.15) is 25.0 Å². The van der Waals surface area contributed by atoms with E-state index in [0.717, 1.165) is 30.5 Å². The van der Waals surface area contributed by atoms with E-state index >= 15 is 0 Å². The van der Waals surface area contributed by atoms with Gasteiger partial charge in [-0.15, -0.1) is 0 Å². The molecule has 0 radical (unpaired) electrons. The Kier molecular flexibility index (Phi) is 3.39. The smallest absolute Gasteiger partial charge is 0.163 e. The average molecular weight is 205 g/mol. The molecule has 3 nitrogen and oxygen atoms in total. The van der Waals surface area contributed by atoms with Crippen molar-refractivity contribution in [2.45, 2.75) is 38.1 Å². The summed E-state index contributed by atoms with van der Waals surface area (Å²) in [5.74, 6) is 0. The number of hydrogen-bond acceptors (Lipinski definition) is 3. The summed E-state index contributed by atoms with van der Waals surface area (Å²) in [6, 6.07) is 5.90. The quantitative estimate of drug-likeness (QED) is 0.693. The van der Waals surface area contributed by atoms with Gasteiger partial charge in [-0.25, -0.2) is 0 Å². The molecule has 1 aromatic heterocycles. The predicted molar refractivity (Wildman–Crippen MR) is 60.8 cm³/mol. The molecule has 1 saturated carbocycles. The predicted octanol–water partition coefficient (Wildman–Crippen LogP) is -0.230. The lowest BCUT2D eigenvalue weighted by Gasteiger charge is -2.15. The maximum atomic E-state index is 9.58. The number of aliphatic hydroxyl groups is 1. The molecule has 0 aliphatic heterocycles. The summed E-state index contributed by atoms with van der Waals surface area (Å²) in [4.78, 5) is 4.35. The van der Waals surface area contributed by atoms with E-state index in [2.05, 4.69) is 4.98 Å². The van der Waals surface area contributed by atoms with E-state index in [1.165, 1.54) is 0 Å². The highest BCUT2D eigenvalue weighted by molar-refractivity contribution is 6.30. The molecule has 0 amide bonds. The molecule has 2 atom stereocenters. The highest BCUT2D eigenvalue weighted by Gasteiger charge is 2.25. The van der Waals surface area contributed by atoms with Crippen LogP contribution >= 0.6 is 0 Å². The minimum atomic E-state index is -0.283. The third kappa shape index (κ3) is 2.80. The first-order valence-electron chi connectivity index (χ1n) is 5.48. The largest absolute Gasteiger partial charge is 0.390 e. The minimum Gasteiger partial charge on any atom is -0.390 e. The fourth-order valence-corrected chi connectivity index (χ4v) is 1.97. The Balaban J connectivity index is 1.87. The van der Waals surface area contributed by atoms with Crippen molar-refractivity contribution in [1.29, 1.82) is 0 Å². The molecule has 1 aliphatic rings. The molecule has 0 aromatic carbocycles. The first-order chi connectivity index (χ1) is 7.25. The monoisotopic (exact) mass is 205 g/mol. The minimum absolute atomic E-state index is 0.00677. The molecule has 0 bridgehead atoms. The molecule has 0 saturated heterocycles. The molecule has 1 heterocycles. The lowest BCUT2D eigenvalue weighted by Crippen LogP contribution is -2.23. The standard InChI is InChI=1S/C11H16BNO2/c12-11-6-1-3-8(13-11)7-15-10-5-2-4-9(10)14/h1,3,6,9-10,14H,2,4-5,7,12H2/t9-,10-/m1/s1. The summed E-state index contributed by atoms with van der Waals surface area (Å²) in [7, 11) is 1.97. The molecule has 1 aromatic rings. The summed E-state index contributed by atoms with van der Waals surface area (Å²) < 4.78 is 5.64. The molecular formula is C11H16BNO2. The maximum Gasteiger partial charge on any atom is 0.163 e. The molecule has 80 valence electrons. The number of hydrogen-bond donors (Lipinski definition) is 1. The third-order valence-electron chi connectivity index (χ3n) is 2.81. The van der Waals surface area contributed by atoms with Crippen LogP contribution in [0.5, 0.6) is 0 Å². The molecule has 1 N–H and O–H groups in total. The zero-order valence-corrected chi connectivity index (χ0v) is 9.02. The molecular weight excluding hydrogens is 189 g/mol. The lowest BCUT2D eigenvalue weighted by atomic mass is 10.0. The Hall–Kier alpha value is -0.865. The van der Waals surface area contributed by atoms with Gasteiger partial charge in [0, 0.05) is 0 Å². The van der Waals surface area contributed by atoms with E-state index in [4.69, 9.17) is 4.74 Å². The highest BCUT2D eigenvalue weighted by Crippen LogP contribution is 2.22. The van der Waals surface area contributed by atoms with Crippen molar-refractivity contribution < 1.29 is 9.84 Å². The van der Waals surface area contributed by atoms with Crippen LogP contribution in [0.15, 0.2) is 18.2 Å². The zero-order chi connectivity index (χ0) is 10.7. The molecule has 0 unspecified atom stereocenters. The van der Waals surface area contributed by atoms with Crippen molar-refractivity contribution in [1.82, 2.24) is 4.98 Å². The summed E-state index contributed by atoms with van der Waals surface area (Å²) in [6.45, 7) is 0.503. The number of pyridine rings is 1. The summed E-state index contributed by atoms with van der Waals surface area (Å²) in [5.41, 5.74) is 1.94. The van der Waals surface area contributed by atoms with Gasteiger partial charge in [0.15, 0.2) is 7.85 Å². The van der Waals surface area contributed by atoms with E-state index in [1.54, 1.807) is 0 Å². The van der Waals surface area contributed by atoms with Gasteiger partial charge in [-0.2, -0.15) is 0 Å². The van der Waals surface area contributed by atoms with E-state index in [1.807, 2.05) is 26.0 Å². The van der Waals surface area contributed by atoms with Gasteiger partial charge in [0.2, 0.25) is 0 Å². The van der Waals surface area contributed by atoms with E-state index in [9.17, 15) is 5.11 Å². The maximum absolute atomic E-state index is 9.58. The number of aliphatic hydroxyl groups excluding tert-OH is 1. The van der Waals surface area contributed by atoms with Gasteiger partial charge in [-0.3, -0.25) is 4.98 Å². The van der Waals surface area contributed by atoms with Crippen LogP contribution in [0, 0.1) is 0 Å². The van der Waals surface area contributed by atoms with Crippen LogP contribution in [0.25, 0.3) is 0 Å². The van der Waals surface area contributed by atoms with Crippen LogP contribution < -0.4 is 5.59 Å². The molecule has 4 heteroatoms. The molecule has 0 spiro atoms. The van der Waals surface area contributed by atoms with Crippen LogP contribution in [-0.4, -0.2) is 30.1 Å². The Bertz CT molecular complexity index is 332. The number of nitrogens with zero attached hydrogens (tertiary/aromatic N) is 1. The van der Waals surface area contributed by atoms with Gasteiger partial charge in [-0.05, 0) is 30.9 Å². The molecule has 2 rings (SSSR count). The van der Waals surface area contributed by atoms with Crippen molar-refractivity contribution in [2.24, 2.45) is 0 Å². The van der Waals surface area contributed by atoms with Gasteiger partial charge in [0.25, 0.3) is 0 Å². The topological polar surface area (TPSA) is 42.4 Å². The Morgan fingerprint density at radius 2 is 2.33 bits per heavy atom. The van der Waals surface area contributed by atoms with Gasteiger partial charge >= 0.3 is 0 Å². The lowest BCUT2D eigenvalue weighted by molar-refractivity contribution is -0.0283. The number of aromatic nitrogens is 1. The second kappa shape index (κ2) is 4.77. The molecule has 15 heavy (non-hydrogen) atoms. The van der Waals surface area contributed by atoms with Crippen LogP contribution in [-0.2, 0) is 11.3 Å².